The second-order valence-electron chi connectivity index (χ2n) is 6.99. The fourth-order valence-electron chi connectivity index (χ4n) is 3.40. The van der Waals surface area contributed by atoms with Gasteiger partial charge in [0, 0.05) is 31.7 Å². The van der Waals surface area contributed by atoms with E-state index >= 15 is 0 Å². The normalized spacial score (nSPS) is 14.4. The molecule has 1 aliphatic heterocycles. The van der Waals surface area contributed by atoms with E-state index in [4.69, 9.17) is 0 Å². The van der Waals surface area contributed by atoms with E-state index in [-0.39, 0.29) is 11.5 Å². The monoisotopic (exact) mass is 400 g/mol. The Hall–Kier alpha value is -3.13. The van der Waals surface area contributed by atoms with Gasteiger partial charge in [0.15, 0.2) is 0 Å². The maximum Gasteiger partial charge on any atom is 0.416 e. The number of alkyl halides is 3. The first-order valence-corrected chi connectivity index (χ1v) is 9.21. The summed E-state index contributed by atoms with van der Waals surface area (Å²) in [4.78, 5) is 21.9. The predicted octanol–water partition coefficient (Wildman–Crippen LogP) is 4.09. The summed E-state index contributed by atoms with van der Waals surface area (Å²) < 4.78 is 38.0. The lowest BCUT2D eigenvalue weighted by molar-refractivity contribution is -0.137. The minimum Gasteiger partial charge on any atom is -0.326 e. The number of nitrogens with zero attached hydrogens (tertiary/aromatic N) is 2. The van der Waals surface area contributed by atoms with E-state index in [1.165, 1.54) is 17.7 Å². The van der Waals surface area contributed by atoms with Gasteiger partial charge in [0.05, 0.1) is 16.8 Å². The van der Waals surface area contributed by atoms with Gasteiger partial charge in [-0.05, 0) is 29.8 Å². The molecule has 0 saturated carbocycles. The zero-order valence-electron chi connectivity index (χ0n) is 15.5. The molecule has 4 rings (SSSR count). The molecule has 0 atom stereocenters. The van der Waals surface area contributed by atoms with Crippen molar-refractivity contribution in [3.05, 3.63) is 87.3 Å². The lowest BCUT2D eigenvalue weighted by Crippen LogP contribution is -2.35. The van der Waals surface area contributed by atoms with Crippen molar-refractivity contribution in [3.8, 4) is 0 Å². The standard InChI is InChI=1S/C21H19F3N4O/c22-21(23,24)15-6-8-16(9-7-15)25-20-26-18-10-11-28(13-17(18)19(29)27-20)12-14-4-2-1-3-5-14/h1-9H,10-13H2,(H2,25,26,27,29). The highest BCUT2D eigenvalue weighted by molar-refractivity contribution is 5.54. The number of benzene rings is 2. The molecule has 0 amide bonds. The maximum absolute atomic E-state index is 12.7. The zero-order chi connectivity index (χ0) is 20.4. The average molecular weight is 400 g/mol. The Morgan fingerprint density at radius 1 is 1.07 bits per heavy atom. The summed E-state index contributed by atoms with van der Waals surface area (Å²) in [6.45, 7) is 2.04. The fraction of sp³-hybridized carbons (Fsp3) is 0.238. The van der Waals surface area contributed by atoms with Crippen molar-refractivity contribution in [2.75, 3.05) is 11.9 Å². The number of rotatable bonds is 4. The van der Waals surface area contributed by atoms with Crippen LogP contribution in [0.5, 0.6) is 0 Å². The van der Waals surface area contributed by atoms with Gasteiger partial charge in [-0.25, -0.2) is 4.98 Å². The molecule has 0 unspecified atom stereocenters. The molecule has 2 N–H and O–H groups in total. The Bertz CT molecular complexity index is 1050. The minimum absolute atomic E-state index is 0.227. The summed E-state index contributed by atoms with van der Waals surface area (Å²) in [6.07, 6.45) is -3.75. The number of hydrogen-bond donors (Lipinski definition) is 2. The molecule has 3 aromatic rings. The molecule has 0 radical (unpaired) electrons. The van der Waals surface area contributed by atoms with Crippen LogP contribution in [0.1, 0.15) is 22.4 Å². The molecule has 0 bridgehead atoms. The van der Waals surface area contributed by atoms with Gasteiger partial charge in [0.25, 0.3) is 5.56 Å². The summed E-state index contributed by atoms with van der Waals surface area (Å²) >= 11 is 0. The number of anilines is 2. The second kappa shape index (κ2) is 7.71. The minimum atomic E-state index is -4.39. The number of H-pyrrole nitrogens is 1. The van der Waals surface area contributed by atoms with Crippen LogP contribution in [-0.4, -0.2) is 21.4 Å². The first-order chi connectivity index (χ1) is 13.9. The van der Waals surface area contributed by atoms with Crippen LogP contribution in [0.4, 0.5) is 24.8 Å². The molecule has 2 heterocycles. The summed E-state index contributed by atoms with van der Waals surface area (Å²) in [5, 5.41) is 2.88. The number of halogens is 3. The smallest absolute Gasteiger partial charge is 0.326 e. The Balaban J connectivity index is 1.48. The molecular weight excluding hydrogens is 381 g/mol. The molecule has 150 valence electrons. The van der Waals surface area contributed by atoms with Crippen LogP contribution in [0.3, 0.4) is 0 Å². The van der Waals surface area contributed by atoms with E-state index < -0.39 is 11.7 Å². The van der Waals surface area contributed by atoms with Crippen LogP contribution in [0, 0.1) is 0 Å². The van der Waals surface area contributed by atoms with Crippen LogP contribution in [-0.2, 0) is 25.7 Å². The van der Waals surface area contributed by atoms with E-state index in [2.05, 4.69) is 32.3 Å². The van der Waals surface area contributed by atoms with Crippen molar-refractivity contribution in [2.24, 2.45) is 0 Å². The number of hydrogen-bond acceptors (Lipinski definition) is 4. The molecule has 0 fully saturated rings. The van der Waals surface area contributed by atoms with Crippen LogP contribution in [0.15, 0.2) is 59.4 Å². The van der Waals surface area contributed by atoms with Crippen molar-refractivity contribution in [3.63, 3.8) is 0 Å². The molecule has 8 heteroatoms. The molecule has 5 nitrogen and oxygen atoms in total. The molecule has 1 aliphatic rings. The number of fused-ring (bicyclic) bond motifs is 1. The largest absolute Gasteiger partial charge is 0.416 e. The molecule has 29 heavy (non-hydrogen) atoms. The van der Waals surface area contributed by atoms with Crippen molar-refractivity contribution < 1.29 is 13.2 Å². The van der Waals surface area contributed by atoms with Crippen molar-refractivity contribution in [2.45, 2.75) is 25.7 Å². The molecule has 0 saturated heterocycles. The van der Waals surface area contributed by atoms with Crippen LogP contribution in [0.2, 0.25) is 0 Å². The highest BCUT2D eigenvalue weighted by atomic mass is 19.4. The van der Waals surface area contributed by atoms with Gasteiger partial charge in [-0.3, -0.25) is 14.7 Å². The van der Waals surface area contributed by atoms with E-state index in [0.717, 1.165) is 25.2 Å². The lowest BCUT2D eigenvalue weighted by atomic mass is 10.1. The lowest BCUT2D eigenvalue weighted by Gasteiger charge is -2.27. The third-order valence-corrected chi connectivity index (χ3v) is 4.87. The molecule has 1 aromatic heterocycles. The van der Waals surface area contributed by atoms with E-state index in [9.17, 15) is 18.0 Å². The van der Waals surface area contributed by atoms with Gasteiger partial charge in [-0.1, -0.05) is 30.3 Å². The van der Waals surface area contributed by atoms with Crippen LogP contribution in [0.25, 0.3) is 0 Å². The van der Waals surface area contributed by atoms with Gasteiger partial charge in [-0.2, -0.15) is 13.2 Å². The molecule has 0 spiro atoms. The van der Waals surface area contributed by atoms with E-state index in [1.54, 1.807) is 0 Å². The van der Waals surface area contributed by atoms with Gasteiger partial charge in [0.1, 0.15) is 0 Å². The fourth-order valence-corrected chi connectivity index (χ4v) is 3.40. The van der Waals surface area contributed by atoms with Crippen molar-refractivity contribution >= 4 is 11.6 Å². The van der Waals surface area contributed by atoms with Gasteiger partial charge in [-0.15, -0.1) is 0 Å². The van der Waals surface area contributed by atoms with E-state index in [1.807, 2.05) is 18.2 Å². The summed E-state index contributed by atoms with van der Waals surface area (Å²) in [5.41, 5.74) is 1.98. The summed E-state index contributed by atoms with van der Waals surface area (Å²) in [6, 6.07) is 14.6. The Kier molecular flexibility index (Phi) is 5.10. The average Bonchev–Trinajstić information content (AvgIpc) is 2.69. The van der Waals surface area contributed by atoms with Crippen LogP contribution >= 0.6 is 0 Å². The van der Waals surface area contributed by atoms with Crippen molar-refractivity contribution in [1.82, 2.24) is 14.9 Å². The summed E-state index contributed by atoms with van der Waals surface area (Å²) in [7, 11) is 0. The third-order valence-electron chi connectivity index (χ3n) is 4.87. The van der Waals surface area contributed by atoms with Gasteiger partial charge in [0.2, 0.25) is 5.95 Å². The second-order valence-corrected chi connectivity index (χ2v) is 6.99. The Morgan fingerprint density at radius 2 is 1.79 bits per heavy atom. The van der Waals surface area contributed by atoms with Crippen LogP contribution < -0.4 is 10.9 Å². The highest BCUT2D eigenvalue weighted by Gasteiger charge is 2.30. The first-order valence-electron chi connectivity index (χ1n) is 9.21. The summed E-state index contributed by atoms with van der Waals surface area (Å²) in [5.74, 6) is 0.227. The molecule has 0 aliphatic carbocycles. The number of aromatic nitrogens is 2. The molecule has 2 aromatic carbocycles. The van der Waals surface area contributed by atoms with Gasteiger partial charge < -0.3 is 5.32 Å². The topological polar surface area (TPSA) is 61.0 Å². The first kappa shape index (κ1) is 19.2. The maximum atomic E-state index is 12.7. The SMILES string of the molecule is O=c1[nH]c(Nc2ccc(C(F)(F)F)cc2)nc2c1CN(Cc1ccccc1)CC2. The quantitative estimate of drug-likeness (QED) is 0.693. The predicted molar refractivity (Wildman–Crippen MR) is 104 cm³/mol. The third kappa shape index (κ3) is 4.48. The Morgan fingerprint density at radius 3 is 2.48 bits per heavy atom. The Labute approximate surface area is 165 Å². The zero-order valence-corrected chi connectivity index (χ0v) is 15.5. The van der Waals surface area contributed by atoms with E-state index in [0.29, 0.717) is 29.9 Å². The number of nitrogens with one attached hydrogen (secondary N) is 2. The van der Waals surface area contributed by atoms with Gasteiger partial charge >= 0.3 is 6.18 Å². The molecular formula is C21H19F3N4O. The highest BCUT2D eigenvalue weighted by Crippen LogP contribution is 2.30. The van der Waals surface area contributed by atoms with Crippen molar-refractivity contribution in [1.29, 1.82) is 0 Å². The number of aromatic amines is 1.